The van der Waals surface area contributed by atoms with Gasteiger partial charge in [-0.15, -0.1) is 24.8 Å². The van der Waals surface area contributed by atoms with Crippen molar-refractivity contribution in [1.29, 1.82) is 0 Å². The van der Waals surface area contributed by atoms with Crippen molar-refractivity contribution in [2.75, 3.05) is 36.5 Å². The first-order valence-corrected chi connectivity index (χ1v) is 8.22. The molecule has 0 aliphatic carbocycles. The van der Waals surface area contributed by atoms with Gasteiger partial charge in [0.2, 0.25) is 5.91 Å². The van der Waals surface area contributed by atoms with E-state index in [2.05, 4.69) is 15.2 Å². The van der Waals surface area contributed by atoms with Crippen molar-refractivity contribution in [2.24, 2.45) is 5.73 Å². The number of nitrogens with two attached hydrogens (primary N) is 1. The molecule has 1 amide bonds. The molecular weight excluding hydrogens is 371 g/mol. The average molecular weight is 393 g/mol. The molecule has 134 valence electrons. The smallest absolute Gasteiger partial charge is 0.225 e. The van der Waals surface area contributed by atoms with Gasteiger partial charge in [0.25, 0.3) is 0 Å². The zero-order chi connectivity index (χ0) is 15.5. The lowest BCUT2D eigenvalue weighted by Gasteiger charge is -2.25. The summed E-state index contributed by atoms with van der Waals surface area (Å²) in [4.78, 5) is 18.7. The van der Waals surface area contributed by atoms with Crippen LogP contribution in [0.3, 0.4) is 0 Å². The summed E-state index contributed by atoms with van der Waals surface area (Å²) in [6.45, 7) is 5.05. The predicted octanol–water partition coefficient (Wildman–Crippen LogP) is 2.65. The summed E-state index contributed by atoms with van der Waals surface area (Å²) in [5.74, 6) is -0.0627. The van der Waals surface area contributed by atoms with Gasteiger partial charge in [0, 0.05) is 31.2 Å². The lowest BCUT2D eigenvalue weighted by molar-refractivity contribution is -0.116. The Kier molecular flexibility index (Phi) is 8.18. The quantitative estimate of drug-likeness (QED) is 0.835. The number of anilines is 2. The number of amides is 1. The van der Waals surface area contributed by atoms with Crippen molar-refractivity contribution in [1.82, 2.24) is 4.98 Å². The topological polar surface area (TPSA) is 80.5 Å². The number of halogens is 2. The van der Waals surface area contributed by atoms with Crippen LogP contribution in [0.2, 0.25) is 0 Å². The Bertz CT molecular complexity index is 675. The van der Waals surface area contributed by atoms with Crippen LogP contribution in [0.1, 0.15) is 13.3 Å². The highest BCUT2D eigenvalue weighted by atomic mass is 35.5. The number of morpholine rings is 1. The lowest BCUT2D eigenvalue weighted by atomic mass is 10.2. The molecule has 1 fully saturated rings. The number of fused-ring (bicyclic) bond motifs is 1. The highest BCUT2D eigenvalue weighted by Crippen LogP contribution is 2.31. The Labute approximate surface area is 157 Å². The van der Waals surface area contributed by atoms with E-state index < -0.39 is 0 Å². The predicted molar refractivity (Wildman–Crippen MR) is 104 cm³/mol. The van der Waals surface area contributed by atoms with Crippen LogP contribution in [0.5, 0.6) is 0 Å². The number of hydrogen-bond acceptors (Lipinski definition) is 6. The minimum Gasteiger partial charge on any atom is -0.378 e. The van der Waals surface area contributed by atoms with Crippen molar-refractivity contribution in [2.45, 2.75) is 19.4 Å². The first-order valence-electron chi connectivity index (χ1n) is 7.40. The van der Waals surface area contributed by atoms with Crippen molar-refractivity contribution in [3.05, 3.63) is 18.2 Å². The zero-order valence-electron chi connectivity index (χ0n) is 13.4. The Hall–Kier alpha value is -1.12. The number of rotatable bonds is 4. The average Bonchev–Trinajstić information content (AvgIpc) is 2.90. The third-order valence-corrected chi connectivity index (χ3v) is 4.53. The minimum atomic E-state index is -0.139. The molecule has 1 unspecified atom stereocenters. The monoisotopic (exact) mass is 392 g/mol. The number of nitrogens with zero attached hydrogens (tertiary/aromatic N) is 2. The Balaban J connectivity index is 0.00000144. The second kappa shape index (κ2) is 9.39. The number of carbonyl (C=O) groups is 1. The summed E-state index contributed by atoms with van der Waals surface area (Å²) in [6, 6.07) is 5.65. The van der Waals surface area contributed by atoms with Gasteiger partial charge in [-0.3, -0.25) is 4.79 Å². The van der Waals surface area contributed by atoms with Crippen molar-refractivity contribution in [3.63, 3.8) is 0 Å². The fourth-order valence-electron chi connectivity index (χ4n) is 2.38. The van der Waals surface area contributed by atoms with Gasteiger partial charge in [0.05, 0.1) is 23.4 Å². The Morgan fingerprint density at radius 1 is 1.42 bits per heavy atom. The van der Waals surface area contributed by atoms with E-state index in [9.17, 15) is 4.79 Å². The molecule has 9 heteroatoms. The highest BCUT2D eigenvalue weighted by molar-refractivity contribution is 7.22. The summed E-state index contributed by atoms with van der Waals surface area (Å²) < 4.78 is 6.44. The van der Waals surface area contributed by atoms with Crippen LogP contribution in [-0.2, 0) is 9.53 Å². The van der Waals surface area contributed by atoms with E-state index in [1.165, 1.54) is 0 Å². The molecule has 3 rings (SSSR count). The number of aromatic nitrogens is 1. The molecule has 24 heavy (non-hydrogen) atoms. The van der Waals surface area contributed by atoms with Gasteiger partial charge < -0.3 is 20.7 Å². The summed E-state index contributed by atoms with van der Waals surface area (Å²) >= 11 is 1.64. The van der Waals surface area contributed by atoms with Crippen molar-refractivity contribution < 1.29 is 9.53 Å². The summed E-state index contributed by atoms with van der Waals surface area (Å²) in [7, 11) is 0. The van der Waals surface area contributed by atoms with Gasteiger partial charge in [-0.05, 0) is 25.1 Å². The molecular formula is C15H22Cl2N4O2S. The third-order valence-electron chi connectivity index (χ3n) is 3.45. The fourth-order valence-corrected chi connectivity index (χ4v) is 3.44. The molecule has 0 saturated carbocycles. The van der Waals surface area contributed by atoms with Gasteiger partial charge in [-0.25, -0.2) is 4.98 Å². The van der Waals surface area contributed by atoms with Crippen LogP contribution >= 0.6 is 36.2 Å². The maximum absolute atomic E-state index is 11.8. The molecule has 1 aliphatic heterocycles. The van der Waals surface area contributed by atoms with Crippen LogP contribution in [0.25, 0.3) is 10.2 Å². The normalized spacial score (nSPS) is 15.3. The van der Waals surface area contributed by atoms with E-state index in [0.29, 0.717) is 6.42 Å². The lowest BCUT2D eigenvalue weighted by Crippen LogP contribution is -2.36. The number of ether oxygens (including phenoxy) is 1. The van der Waals surface area contributed by atoms with E-state index >= 15 is 0 Å². The van der Waals surface area contributed by atoms with Crippen LogP contribution in [0.15, 0.2) is 18.2 Å². The maximum atomic E-state index is 11.8. The Morgan fingerprint density at radius 3 is 2.79 bits per heavy atom. The molecule has 1 aromatic carbocycles. The first kappa shape index (κ1) is 20.9. The molecule has 6 nitrogen and oxygen atoms in total. The fraction of sp³-hybridized carbons (Fsp3) is 0.467. The summed E-state index contributed by atoms with van der Waals surface area (Å²) in [6.07, 6.45) is 0.319. The summed E-state index contributed by atoms with van der Waals surface area (Å²) in [5.41, 5.74) is 7.38. The number of thiazole rings is 1. The molecule has 1 aliphatic rings. The molecule has 3 N–H and O–H groups in total. The van der Waals surface area contributed by atoms with Gasteiger partial charge in [-0.2, -0.15) is 0 Å². The zero-order valence-corrected chi connectivity index (χ0v) is 15.8. The Morgan fingerprint density at radius 2 is 2.12 bits per heavy atom. The number of carbonyl (C=O) groups excluding carboxylic acids is 1. The van der Waals surface area contributed by atoms with E-state index in [1.807, 2.05) is 25.1 Å². The van der Waals surface area contributed by atoms with E-state index in [1.54, 1.807) is 11.3 Å². The number of hydrogen-bond donors (Lipinski definition) is 2. The number of nitrogens with one attached hydrogen (secondary N) is 1. The van der Waals surface area contributed by atoms with Gasteiger partial charge >= 0.3 is 0 Å². The number of benzene rings is 1. The molecule has 2 heterocycles. The highest BCUT2D eigenvalue weighted by Gasteiger charge is 2.15. The van der Waals surface area contributed by atoms with Gasteiger partial charge in [-0.1, -0.05) is 11.3 Å². The van der Waals surface area contributed by atoms with Gasteiger partial charge in [0.1, 0.15) is 0 Å². The standard InChI is InChI=1S/C15H20N4O2S.2ClH/c1-10(16)8-14(20)17-11-2-3-12-13(9-11)22-15(18-12)19-4-6-21-7-5-19;;/h2-3,9-10H,4-8,16H2,1H3,(H,17,20);2*1H. The largest absolute Gasteiger partial charge is 0.378 e. The second-order valence-electron chi connectivity index (χ2n) is 5.51. The summed E-state index contributed by atoms with van der Waals surface area (Å²) in [5, 5.41) is 3.89. The van der Waals surface area contributed by atoms with Crippen LogP contribution < -0.4 is 16.0 Å². The molecule has 0 bridgehead atoms. The van der Waals surface area contributed by atoms with E-state index in [4.69, 9.17) is 10.5 Å². The molecule has 1 atom stereocenters. The molecule has 0 radical (unpaired) electrons. The van der Waals surface area contributed by atoms with Crippen LogP contribution in [-0.4, -0.2) is 43.2 Å². The van der Waals surface area contributed by atoms with Crippen molar-refractivity contribution in [3.8, 4) is 0 Å². The van der Waals surface area contributed by atoms with Crippen LogP contribution in [0.4, 0.5) is 10.8 Å². The minimum absolute atomic E-state index is 0. The van der Waals surface area contributed by atoms with Gasteiger partial charge in [0.15, 0.2) is 5.13 Å². The molecule has 0 spiro atoms. The SMILES string of the molecule is CC(N)CC(=O)Nc1ccc2nc(N3CCOCC3)sc2c1.Cl.Cl. The van der Waals surface area contributed by atoms with E-state index in [0.717, 1.165) is 47.3 Å². The van der Waals surface area contributed by atoms with E-state index in [-0.39, 0.29) is 36.8 Å². The molecule has 2 aromatic rings. The third kappa shape index (κ3) is 5.19. The van der Waals surface area contributed by atoms with Crippen molar-refractivity contribution >= 4 is 63.1 Å². The van der Waals surface area contributed by atoms with Crippen LogP contribution in [0, 0.1) is 0 Å². The second-order valence-corrected chi connectivity index (χ2v) is 6.52. The maximum Gasteiger partial charge on any atom is 0.225 e. The molecule has 1 saturated heterocycles. The molecule has 1 aromatic heterocycles. The first-order chi connectivity index (χ1) is 10.6.